The lowest BCUT2D eigenvalue weighted by Gasteiger charge is -2.09. The quantitative estimate of drug-likeness (QED) is 0.871. The Bertz CT molecular complexity index is 593. The normalized spacial score (nSPS) is 10.7. The summed E-state index contributed by atoms with van der Waals surface area (Å²) in [5.74, 6) is -0.911. The SMILES string of the molecule is Cc1nc2c(Br)cccc2c(C(=O)O)c1C. The molecule has 1 aromatic heterocycles. The summed E-state index contributed by atoms with van der Waals surface area (Å²) < 4.78 is 0.815. The van der Waals surface area contributed by atoms with Crippen LogP contribution >= 0.6 is 15.9 Å². The van der Waals surface area contributed by atoms with Crippen molar-refractivity contribution >= 4 is 32.8 Å². The maximum Gasteiger partial charge on any atom is 0.336 e. The highest BCUT2D eigenvalue weighted by molar-refractivity contribution is 9.10. The number of nitrogens with zero attached hydrogens (tertiary/aromatic N) is 1. The molecule has 2 aromatic rings. The van der Waals surface area contributed by atoms with Crippen molar-refractivity contribution in [3.05, 3.63) is 39.5 Å². The number of pyridine rings is 1. The van der Waals surface area contributed by atoms with Crippen LogP contribution in [0.25, 0.3) is 10.9 Å². The van der Waals surface area contributed by atoms with Gasteiger partial charge in [0, 0.05) is 15.6 Å². The summed E-state index contributed by atoms with van der Waals surface area (Å²) in [6, 6.07) is 5.45. The predicted molar refractivity (Wildman–Crippen MR) is 65.9 cm³/mol. The molecule has 0 saturated heterocycles. The summed E-state index contributed by atoms with van der Waals surface area (Å²) in [6.07, 6.45) is 0. The number of para-hydroxylation sites is 1. The minimum Gasteiger partial charge on any atom is -0.478 e. The van der Waals surface area contributed by atoms with Crippen LogP contribution in [0.15, 0.2) is 22.7 Å². The fourth-order valence-electron chi connectivity index (χ4n) is 1.74. The van der Waals surface area contributed by atoms with E-state index in [1.54, 1.807) is 13.0 Å². The molecule has 0 amide bonds. The van der Waals surface area contributed by atoms with Gasteiger partial charge >= 0.3 is 5.97 Å². The Morgan fingerprint density at radius 1 is 1.38 bits per heavy atom. The number of hydrogen-bond donors (Lipinski definition) is 1. The molecular weight excluding hydrogens is 270 g/mol. The Kier molecular flexibility index (Phi) is 2.68. The number of fused-ring (bicyclic) bond motifs is 1. The van der Waals surface area contributed by atoms with Crippen molar-refractivity contribution in [3.63, 3.8) is 0 Å². The first-order chi connectivity index (χ1) is 7.52. The molecule has 0 atom stereocenters. The topological polar surface area (TPSA) is 50.2 Å². The van der Waals surface area contributed by atoms with Crippen molar-refractivity contribution in [3.8, 4) is 0 Å². The molecule has 0 saturated carbocycles. The molecule has 0 radical (unpaired) electrons. The van der Waals surface area contributed by atoms with Crippen LogP contribution in [0.2, 0.25) is 0 Å². The molecule has 1 N–H and O–H groups in total. The van der Waals surface area contributed by atoms with E-state index < -0.39 is 5.97 Å². The molecule has 2 rings (SSSR count). The molecule has 3 nitrogen and oxygen atoms in total. The second-order valence-corrected chi connectivity index (χ2v) is 4.49. The Balaban J connectivity index is 3.00. The number of halogens is 1. The maximum atomic E-state index is 11.3. The molecule has 0 unspecified atom stereocenters. The summed E-state index contributed by atoms with van der Waals surface area (Å²) in [4.78, 5) is 15.7. The van der Waals surface area contributed by atoms with E-state index in [4.69, 9.17) is 0 Å². The summed E-state index contributed by atoms with van der Waals surface area (Å²) >= 11 is 3.38. The van der Waals surface area contributed by atoms with Gasteiger partial charge in [-0.2, -0.15) is 0 Å². The maximum absolute atomic E-state index is 11.3. The number of carboxylic acid groups (broad SMARTS) is 1. The molecular formula is C12H10BrNO2. The van der Waals surface area contributed by atoms with E-state index in [0.717, 1.165) is 15.7 Å². The van der Waals surface area contributed by atoms with Crippen LogP contribution in [0, 0.1) is 13.8 Å². The van der Waals surface area contributed by atoms with Crippen LogP contribution < -0.4 is 0 Å². The van der Waals surface area contributed by atoms with E-state index in [0.29, 0.717) is 16.5 Å². The Hall–Kier alpha value is -1.42. The smallest absolute Gasteiger partial charge is 0.336 e. The van der Waals surface area contributed by atoms with Gasteiger partial charge in [-0.1, -0.05) is 12.1 Å². The molecule has 0 fully saturated rings. The minimum absolute atomic E-state index is 0.337. The number of aromatic carboxylic acids is 1. The van der Waals surface area contributed by atoms with Gasteiger partial charge in [-0.3, -0.25) is 4.98 Å². The Morgan fingerprint density at radius 3 is 2.69 bits per heavy atom. The molecule has 0 spiro atoms. The van der Waals surface area contributed by atoms with Crippen LogP contribution in [0.4, 0.5) is 0 Å². The molecule has 0 bridgehead atoms. The zero-order valence-electron chi connectivity index (χ0n) is 8.91. The van der Waals surface area contributed by atoms with Crippen LogP contribution in [0.3, 0.4) is 0 Å². The highest BCUT2D eigenvalue weighted by Gasteiger charge is 2.16. The first kappa shape index (κ1) is 11.1. The molecule has 0 aliphatic heterocycles. The van der Waals surface area contributed by atoms with Gasteiger partial charge < -0.3 is 5.11 Å². The number of carbonyl (C=O) groups is 1. The number of benzene rings is 1. The van der Waals surface area contributed by atoms with Crippen molar-refractivity contribution in [1.29, 1.82) is 0 Å². The first-order valence-electron chi connectivity index (χ1n) is 4.81. The van der Waals surface area contributed by atoms with Gasteiger partial charge in [0.1, 0.15) is 0 Å². The van der Waals surface area contributed by atoms with Crippen molar-refractivity contribution in [2.45, 2.75) is 13.8 Å². The Labute approximate surface area is 101 Å². The van der Waals surface area contributed by atoms with Gasteiger partial charge in [-0.25, -0.2) is 4.79 Å². The van der Waals surface area contributed by atoms with Crippen LogP contribution in [-0.4, -0.2) is 16.1 Å². The second-order valence-electron chi connectivity index (χ2n) is 3.64. The van der Waals surface area contributed by atoms with Crippen LogP contribution in [0.5, 0.6) is 0 Å². The molecule has 1 heterocycles. The molecule has 1 aromatic carbocycles. The lowest BCUT2D eigenvalue weighted by molar-refractivity contribution is 0.0698. The van der Waals surface area contributed by atoms with Crippen LogP contribution in [0.1, 0.15) is 21.6 Å². The fraction of sp³-hybridized carbons (Fsp3) is 0.167. The minimum atomic E-state index is -0.911. The van der Waals surface area contributed by atoms with Gasteiger partial charge in [0.15, 0.2) is 0 Å². The Morgan fingerprint density at radius 2 is 2.06 bits per heavy atom. The number of aryl methyl sites for hydroxylation is 1. The van der Waals surface area contributed by atoms with E-state index >= 15 is 0 Å². The zero-order valence-corrected chi connectivity index (χ0v) is 10.5. The summed E-state index contributed by atoms with van der Waals surface area (Å²) in [5, 5.41) is 9.91. The molecule has 16 heavy (non-hydrogen) atoms. The highest BCUT2D eigenvalue weighted by Crippen LogP contribution is 2.28. The molecule has 82 valence electrons. The number of rotatable bonds is 1. The lowest BCUT2D eigenvalue weighted by atomic mass is 10.0. The van der Waals surface area contributed by atoms with E-state index in [1.807, 2.05) is 19.1 Å². The molecule has 0 aliphatic rings. The monoisotopic (exact) mass is 279 g/mol. The third-order valence-corrected chi connectivity index (χ3v) is 3.31. The number of aromatic nitrogens is 1. The van der Waals surface area contributed by atoms with E-state index in [9.17, 15) is 9.90 Å². The molecule has 0 aliphatic carbocycles. The molecule has 4 heteroatoms. The fourth-order valence-corrected chi connectivity index (χ4v) is 2.20. The summed E-state index contributed by atoms with van der Waals surface area (Å²) in [5.41, 5.74) is 2.50. The zero-order chi connectivity index (χ0) is 11.9. The number of carboxylic acids is 1. The van der Waals surface area contributed by atoms with Gasteiger partial charge in [0.25, 0.3) is 0 Å². The van der Waals surface area contributed by atoms with Gasteiger partial charge in [-0.05, 0) is 41.4 Å². The number of hydrogen-bond acceptors (Lipinski definition) is 2. The average Bonchev–Trinajstić information content (AvgIpc) is 2.21. The van der Waals surface area contributed by atoms with Crippen molar-refractivity contribution in [1.82, 2.24) is 4.98 Å². The largest absolute Gasteiger partial charge is 0.478 e. The summed E-state index contributed by atoms with van der Waals surface area (Å²) in [6.45, 7) is 3.60. The van der Waals surface area contributed by atoms with Gasteiger partial charge in [0.2, 0.25) is 0 Å². The van der Waals surface area contributed by atoms with Gasteiger partial charge in [-0.15, -0.1) is 0 Å². The average molecular weight is 280 g/mol. The van der Waals surface area contributed by atoms with E-state index in [2.05, 4.69) is 20.9 Å². The summed E-state index contributed by atoms with van der Waals surface area (Å²) in [7, 11) is 0. The highest BCUT2D eigenvalue weighted by atomic mass is 79.9. The van der Waals surface area contributed by atoms with Gasteiger partial charge in [0.05, 0.1) is 11.1 Å². The van der Waals surface area contributed by atoms with Crippen LogP contribution in [-0.2, 0) is 0 Å². The predicted octanol–water partition coefficient (Wildman–Crippen LogP) is 3.31. The van der Waals surface area contributed by atoms with E-state index in [1.165, 1.54) is 0 Å². The van der Waals surface area contributed by atoms with Crippen molar-refractivity contribution < 1.29 is 9.90 Å². The first-order valence-corrected chi connectivity index (χ1v) is 5.60. The standard InChI is InChI=1S/C12H10BrNO2/c1-6-7(2)14-11-8(10(6)12(15)16)4-3-5-9(11)13/h3-5H,1-2H3,(H,15,16). The third-order valence-electron chi connectivity index (χ3n) is 2.67. The lowest BCUT2D eigenvalue weighted by Crippen LogP contribution is -2.04. The van der Waals surface area contributed by atoms with Crippen molar-refractivity contribution in [2.24, 2.45) is 0 Å². The van der Waals surface area contributed by atoms with Crippen molar-refractivity contribution in [2.75, 3.05) is 0 Å². The third kappa shape index (κ3) is 1.59. The second kappa shape index (κ2) is 3.87. The van der Waals surface area contributed by atoms with E-state index in [-0.39, 0.29) is 0 Å².